The van der Waals surface area contributed by atoms with Crippen LogP contribution < -0.4 is 15.5 Å². The highest BCUT2D eigenvalue weighted by Crippen LogP contribution is 2.13. The molecule has 0 saturated heterocycles. The Kier molecular flexibility index (Phi) is 11.9. The fourth-order valence-corrected chi connectivity index (χ4v) is 1.94. The molecule has 0 aliphatic rings. The Balaban J connectivity index is 0.00000441. The van der Waals surface area contributed by atoms with Crippen molar-refractivity contribution in [3.63, 3.8) is 0 Å². The number of benzene rings is 1. The zero-order chi connectivity index (χ0) is 15.5. The van der Waals surface area contributed by atoms with Crippen LogP contribution >= 0.6 is 24.0 Å². The molecule has 6 heteroatoms. The summed E-state index contributed by atoms with van der Waals surface area (Å²) in [6, 6.07) is 10.8. The van der Waals surface area contributed by atoms with Crippen LogP contribution in [0.2, 0.25) is 0 Å². The summed E-state index contributed by atoms with van der Waals surface area (Å²) in [4.78, 5) is 6.48. The number of para-hydroxylation sites is 1. The Bertz CT molecular complexity index is 414. The smallest absolute Gasteiger partial charge is 0.191 e. The summed E-state index contributed by atoms with van der Waals surface area (Å²) >= 11 is 0. The Morgan fingerprint density at radius 3 is 2.55 bits per heavy atom. The van der Waals surface area contributed by atoms with Crippen LogP contribution in [0.15, 0.2) is 35.3 Å². The van der Waals surface area contributed by atoms with Crippen molar-refractivity contribution in [2.24, 2.45) is 4.99 Å². The molecule has 0 amide bonds. The van der Waals surface area contributed by atoms with Gasteiger partial charge in [0.05, 0.1) is 0 Å². The average molecular weight is 420 g/mol. The summed E-state index contributed by atoms with van der Waals surface area (Å²) in [6.07, 6.45) is 0.969. The lowest BCUT2D eigenvalue weighted by Crippen LogP contribution is -2.45. The predicted molar refractivity (Wildman–Crippen MR) is 106 cm³/mol. The number of hydrogen-bond donors (Lipinski definition) is 2. The van der Waals surface area contributed by atoms with Gasteiger partial charge in [-0.1, -0.05) is 18.2 Å². The molecule has 1 unspecified atom stereocenters. The number of aliphatic imine (C=N–C) groups is 1. The number of nitrogens with one attached hydrogen (secondary N) is 2. The molecule has 1 aromatic rings. The monoisotopic (exact) mass is 420 g/mol. The second-order valence-electron chi connectivity index (χ2n) is 5.02. The van der Waals surface area contributed by atoms with Crippen LogP contribution in [-0.4, -0.2) is 52.9 Å². The Hall–Kier alpha value is -1.02. The van der Waals surface area contributed by atoms with Crippen LogP contribution in [-0.2, 0) is 4.74 Å². The minimum absolute atomic E-state index is 0. The van der Waals surface area contributed by atoms with Crippen LogP contribution in [0.3, 0.4) is 0 Å². The number of hydrogen-bond acceptors (Lipinski definition) is 3. The van der Waals surface area contributed by atoms with E-state index in [1.807, 2.05) is 6.07 Å². The van der Waals surface area contributed by atoms with Gasteiger partial charge in [0.25, 0.3) is 0 Å². The maximum Gasteiger partial charge on any atom is 0.191 e. The summed E-state index contributed by atoms with van der Waals surface area (Å²) in [5, 5.41) is 6.63. The van der Waals surface area contributed by atoms with Crippen LogP contribution in [0, 0.1) is 0 Å². The number of halogens is 1. The van der Waals surface area contributed by atoms with E-state index in [0.29, 0.717) is 6.04 Å². The maximum atomic E-state index is 5.03. The van der Waals surface area contributed by atoms with E-state index in [-0.39, 0.29) is 24.0 Å². The zero-order valence-electron chi connectivity index (χ0n) is 14.0. The van der Waals surface area contributed by atoms with Crippen molar-refractivity contribution in [2.75, 3.05) is 45.8 Å². The first kappa shape index (κ1) is 21.0. The van der Waals surface area contributed by atoms with Gasteiger partial charge >= 0.3 is 0 Å². The van der Waals surface area contributed by atoms with Gasteiger partial charge in [-0.2, -0.15) is 0 Å². The summed E-state index contributed by atoms with van der Waals surface area (Å²) in [7, 11) is 5.61. The first-order valence-corrected chi connectivity index (χ1v) is 7.40. The highest BCUT2D eigenvalue weighted by atomic mass is 127. The number of anilines is 1. The second-order valence-corrected chi connectivity index (χ2v) is 5.02. The third-order valence-corrected chi connectivity index (χ3v) is 3.43. The van der Waals surface area contributed by atoms with Crippen molar-refractivity contribution in [1.82, 2.24) is 10.6 Å². The van der Waals surface area contributed by atoms with E-state index in [2.05, 4.69) is 58.8 Å². The van der Waals surface area contributed by atoms with E-state index >= 15 is 0 Å². The fourth-order valence-electron chi connectivity index (χ4n) is 1.94. The molecule has 22 heavy (non-hydrogen) atoms. The summed E-state index contributed by atoms with van der Waals surface area (Å²) < 4.78 is 5.03. The number of nitrogens with zero attached hydrogens (tertiary/aromatic N) is 2. The third-order valence-electron chi connectivity index (χ3n) is 3.43. The Morgan fingerprint density at radius 2 is 1.95 bits per heavy atom. The summed E-state index contributed by atoms with van der Waals surface area (Å²) in [6.45, 7) is 4.64. The minimum atomic E-state index is 0. The molecule has 0 radical (unpaired) electrons. The highest BCUT2D eigenvalue weighted by Gasteiger charge is 2.10. The lowest BCUT2D eigenvalue weighted by atomic mass is 10.2. The molecule has 0 aromatic heterocycles. The van der Waals surface area contributed by atoms with Gasteiger partial charge in [-0.25, -0.2) is 0 Å². The van der Waals surface area contributed by atoms with Gasteiger partial charge in [0.2, 0.25) is 0 Å². The van der Waals surface area contributed by atoms with Crippen LogP contribution in [0.5, 0.6) is 0 Å². The van der Waals surface area contributed by atoms with E-state index in [1.54, 1.807) is 14.2 Å². The lowest BCUT2D eigenvalue weighted by Gasteiger charge is -2.27. The van der Waals surface area contributed by atoms with Gasteiger partial charge in [0.15, 0.2) is 5.96 Å². The van der Waals surface area contributed by atoms with Gasteiger partial charge in [-0.05, 0) is 25.5 Å². The molecular formula is C16H29IN4O. The normalized spacial score (nSPS) is 12.3. The second kappa shape index (κ2) is 12.5. The predicted octanol–water partition coefficient (Wildman–Crippen LogP) is 2.33. The maximum absolute atomic E-state index is 5.03. The molecule has 1 rings (SSSR count). The quantitative estimate of drug-likeness (QED) is 0.294. The summed E-state index contributed by atoms with van der Waals surface area (Å²) in [5.74, 6) is 0.833. The van der Waals surface area contributed by atoms with Crippen molar-refractivity contribution in [2.45, 2.75) is 19.4 Å². The third kappa shape index (κ3) is 7.84. The topological polar surface area (TPSA) is 48.9 Å². The van der Waals surface area contributed by atoms with Crippen LogP contribution in [0.25, 0.3) is 0 Å². The zero-order valence-corrected chi connectivity index (χ0v) is 16.3. The SMILES string of the molecule is CN=C(NCCCOC)NCC(C)N(C)c1ccccc1.I. The van der Waals surface area contributed by atoms with Gasteiger partial charge in [-0.15, -0.1) is 24.0 Å². The van der Waals surface area contributed by atoms with E-state index in [9.17, 15) is 0 Å². The van der Waals surface area contributed by atoms with E-state index in [4.69, 9.17) is 4.74 Å². The van der Waals surface area contributed by atoms with Gasteiger partial charge in [-0.3, -0.25) is 4.99 Å². The molecule has 2 N–H and O–H groups in total. The number of guanidine groups is 1. The van der Waals surface area contributed by atoms with Crippen molar-refractivity contribution >= 4 is 35.6 Å². The first-order valence-electron chi connectivity index (χ1n) is 7.40. The molecule has 0 aliphatic carbocycles. The molecule has 0 bridgehead atoms. The van der Waals surface area contributed by atoms with Crippen molar-refractivity contribution in [3.05, 3.63) is 30.3 Å². The lowest BCUT2D eigenvalue weighted by molar-refractivity contribution is 0.195. The van der Waals surface area contributed by atoms with Crippen molar-refractivity contribution in [1.29, 1.82) is 0 Å². The fraction of sp³-hybridized carbons (Fsp3) is 0.562. The van der Waals surface area contributed by atoms with Crippen LogP contribution in [0.4, 0.5) is 5.69 Å². The van der Waals surface area contributed by atoms with E-state index < -0.39 is 0 Å². The van der Waals surface area contributed by atoms with E-state index in [0.717, 1.165) is 32.1 Å². The number of methoxy groups -OCH3 is 1. The molecule has 0 spiro atoms. The van der Waals surface area contributed by atoms with Gasteiger partial charge in [0.1, 0.15) is 0 Å². The summed E-state index contributed by atoms with van der Waals surface area (Å²) in [5.41, 5.74) is 1.22. The Labute approximate surface area is 151 Å². The molecule has 0 saturated carbocycles. The van der Waals surface area contributed by atoms with Gasteiger partial charge in [0, 0.05) is 52.6 Å². The van der Waals surface area contributed by atoms with E-state index in [1.165, 1.54) is 5.69 Å². The van der Waals surface area contributed by atoms with Crippen molar-refractivity contribution < 1.29 is 4.74 Å². The molecule has 1 aromatic carbocycles. The molecule has 0 heterocycles. The van der Waals surface area contributed by atoms with Crippen LogP contribution in [0.1, 0.15) is 13.3 Å². The molecular weight excluding hydrogens is 391 g/mol. The number of rotatable bonds is 8. The highest BCUT2D eigenvalue weighted by molar-refractivity contribution is 14.0. The largest absolute Gasteiger partial charge is 0.385 e. The number of likely N-dealkylation sites (N-methyl/N-ethyl adjacent to an activating group) is 1. The standard InChI is InChI=1S/C16H28N4O.HI/c1-14(20(3)15-9-6-5-7-10-15)13-19-16(17-2)18-11-8-12-21-4;/h5-7,9-10,14H,8,11-13H2,1-4H3,(H2,17,18,19);1H. The molecule has 1 atom stereocenters. The van der Waals surface area contributed by atoms with Crippen molar-refractivity contribution in [3.8, 4) is 0 Å². The molecule has 0 fully saturated rings. The van der Waals surface area contributed by atoms with Gasteiger partial charge < -0.3 is 20.3 Å². The molecule has 0 aliphatic heterocycles. The Morgan fingerprint density at radius 1 is 1.27 bits per heavy atom. The molecule has 5 nitrogen and oxygen atoms in total. The first-order chi connectivity index (χ1) is 10.2. The average Bonchev–Trinajstić information content (AvgIpc) is 2.54. The number of ether oxygens (including phenoxy) is 1. The minimum Gasteiger partial charge on any atom is -0.385 e. The molecule has 126 valence electrons.